The average Bonchev–Trinajstić information content (AvgIpc) is 2.42. The molecule has 0 atom stereocenters. The van der Waals surface area contributed by atoms with Gasteiger partial charge < -0.3 is 5.32 Å². The van der Waals surface area contributed by atoms with Gasteiger partial charge in [0, 0.05) is 13.0 Å². The summed E-state index contributed by atoms with van der Waals surface area (Å²) < 4.78 is 22.6. The Bertz CT molecular complexity index is 525. The van der Waals surface area contributed by atoms with E-state index in [-0.39, 0.29) is 23.3 Å². The Morgan fingerprint density at radius 3 is 2.45 bits per heavy atom. The molecule has 1 heterocycles. The molecular weight excluding hydrogens is 274 g/mol. The summed E-state index contributed by atoms with van der Waals surface area (Å²) in [6, 6.07) is 10.0. The van der Waals surface area contributed by atoms with Gasteiger partial charge in [-0.05, 0) is 30.7 Å². The minimum atomic E-state index is -2.84. The Labute approximate surface area is 120 Å². The molecule has 1 N–H and O–H groups in total. The Balaban J connectivity index is 1.66. The lowest BCUT2D eigenvalue weighted by Crippen LogP contribution is -2.31. The quantitative estimate of drug-likeness (QED) is 0.896. The third-order valence-electron chi connectivity index (χ3n) is 3.73. The zero-order chi connectivity index (χ0) is 14.4. The first-order valence-electron chi connectivity index (χ1n) is 7.06. The van der Waals surface area contributed by atoms with Gasteiger partial charge >= 0.3 is 0 Å². The van der Waals surface area contributed by atoms with E-state index >= 15 is 0 Å². The molecule has 5 heteroatoms. The lowest BCUT2D eigenvalue weighted by Gasteiger charge is -2.21. The van der Waals surface area contributed by atoms with Gasteiger partial charge in [-0.25, -0.2) is 8.42 Å². The van der Waals surface area contributed by atoms with Crippen LogP contribution in [0, 0.1) is 5.92 Å². The largest absolute Gasteiger partial charge is 0.356 e. The number of rotatable bonds is 5. The van der Waals surface area contributed by atoms with Gasteiger partial charge in [0.15, 0.2) is 0 Å². The molecule has 0 unspecified atom stereocenters. The third-order valence-corrected chi connectivity index (χ3v) is 5.44. The van der Waals surface area contributed by atoms with Crippen molar-refractivity contribution >= 4 is 15.7 Å². The lowest BCUT2D eigenvalue weighted by atomic mass is 9.98. The molecule has 1 aliphatic heterocycles. The van der Waals surface area contributed by atoms with Crippen LogP contribution in [0.3, 0.4) is 0 Å². The summed E-state index contributed by atoms with van der Waals surface area (Å²) in [7, 11) is -2.84. The van der Waals surface area contributed by atoms with Gasteiger partial charge in [-0.15, -0.1) is 0 Å². The molecule has 0 saturated carbocycles. The summed E-state index contributed by atoms with van der Waals surface area (Å²) in [5, 5.41) is 2.91. The van der Waals surface area contributed by atoms with Crippen LogP contribution in [0.1, 0.15) is 24.8 Å². The fourth-order valence-corrected chi connectivity index (χ4v) is 4.06. The standard InChI is InChI=1S/C15H21NO3S/c17-15(12-14-7-10-20(18,19)11-8-14)16-9-6-13-4-2-1-3-5-13/h1-5,14H,6-12H2,(H,16,17). The van der Waals surface area contributed by atoms with Crippen LogP contribution in [0.4, 0.5) is 0 Å². The maximum Gasteiger partial charge on any atom is 0.220 e. The van der Waals surface area contributed by atoms with Crippen LogP contribution >= 0.6 is 0 Å². The van der Waals surface area contributed by atoms with E-state index in [1.807, 2.05) is 30.3 Å². The summed E-state index contributed by atoms with van der Waals surface area (Å²) in [6.07, 6.45) is 2.51. The first-order chi connectivity index (χ1) is 9.55. The zero-order valence-corrected chi connectivity index (χ0v) is 12.4. The number of hydrogen-bond donors (Lipinski definition) is 1. The van der Waals surface area contributed by atoms with Gasteiger partial charge in [0.1, 0.15) is 9.84 Å². The van der Waals surface area contributed by atoms with Crippen molar-refractivity contribution in [2.45, 2.75) is 25.7 Å². The van der Waals surface area contributed by atoms with Gasteiger partial charge in [0.25, 0.3) is 0 Å². The fraction of sp³-hybridized carbons (Fsp3) is 0.533. The molecule has 1 aromatic carbocycles. The third kappa shape index (κ3) is 4.96. The van der Waals surface area contributed by atoms with E-state index < -0.39 is 9.84 Å². The minimum absolute atomic E-state index is 0.0326. The number of benzene rings is 1. The van der Waals surface area contributed by atoms with E-state index in [2.05, 4.69) is 5.32 Å². The Hall–Kier alpha value is -1.36. The predicted molar refractivity (Wildman–Crippen MR) is 79.2 cm³/mol. The number of nitrogens with one attached hydrogen (secondary N) is 1. The molecule has 1 amide bonds. The molecule has 4 nitrogen and oxygen atoms in total. The summed E-state index contributed by atoms with van der Waals surface area (Å²) in [6.45, 7) is 0.633. The number of carbonyl (C=O) groups excluding carboxylic acids is 1. The maximum absolute atomic E-state index is 11.8. The van der Waals surface area contributed by atoms with Gasteiger partial charge in [0.2, 0.25) is 5.91 Å². The maximum atomic E-state index is 11.8. The molecule has 1 fully saturated rings. The molecule has 1 saturated heterocycles. The van der Waals surface area contributed by atoms with E-state index in [1.54, 1.807) is 0 Å². The topological polar surface area (TPSA) is 63.2 Å². The van der Waals surface area contributed by atoms with Gasteiger partial charge in [-0.1, -0.05) is 30.3 Å². The Morgan fingerprint density at radius 1 is 1.15 bits per heavy atom. The van der Waals surface area contributed by atoms with Crippen LogP contribution in [0.25, 0.3) is 0 Å². The minimum Gasteiger partial charge on any atom is -0.356 e. The van der Waals surface area contributed by atoms with Crippen LogP contribution in [-0.2, 0) is 21.1 Å². The van der Waals surface area contributed by atoms with Crippen molar-refractivity contribution in [3.8, 4) is 0 Å². The molecule has 20 heavy (non-hydrogen) atoms. The molecular formula is C15H21NO3S. The normalized spacial score (nSPS) is 18.6. The molecule has 0 spiro atoms. The van der Waals surface area contributed by atoms with E-state index in [9.17, 15) is 13.2 Å². The second-order valence-corrected chi connectivity index (χ2v) is 7.69. The van der Waals surface area contributed by atoms with Crippen molar-refractivity contribution in [2.24, 2.45) is 5.92 Å². The molecule has 110 valence electrons. The van der Waals surface area contributed by atoms with Crippen LogP contribution in [-0.4, -0.2) is 32.4 Å². The van der Waals surface area contributed by atoms with Crippen molar-refractivity contribution in [1.82, 2.24) is 5.32 Å². The van der Waals surface area contributed by atoms with Crippen LogP contribution in [0.5, 0.6) is 0 Å². The second kappa shape index (κ2) is 6.88. The summed E-state index contributed by atoms with van der Waals surface area (Å²) in [5.41, 5.74) is 1.21. The highest BCUT2D eigenvalue weighted by Crippen LogP contribution is 2.21. The molecule has 1 aliphatic rings. The highest BCUT2D eigenvalue weighted by molar-refractivity contribution is 7.91. The van der Waals surface area contributed by atoms with E-state index in [4.69, 9.17) is 0 Å². The first kappa shape index (κ1) is 15.0. The van der Waals surface area contributed by atoms with Gasteiger partial charge in [-0.3, -0.25) is 4.79 Å². The monoisotopic (exact) mass is 295 g/mol. The number of sulfone groups is 1. The van der Waals surface area contributed by atoms with Crippen molar-refractivity contribution < 1.29 is 13.2 Å². The summed E-state index contributed by atoms with van der Waals surface area (Å²) >= 11 is 0. The predicted octanol–water partition coefficient (Wildman–Crippen LogP) is 1.56. The second-order valence-electron chi connectivity index (χ2n) is 5.38. The molecule has 0 bridgehead atoms. The fourth-order valence-electron chi connectivity index (χ4n) is 2.47. The Kier molecular flexibility index (Phi) is 5.17. The van der Waals surface area contributed by atoms with Crippen molar-refractivity contribution in [1.29, 1.82) is 0 Å². The van der Waals surface area contributed by atoms with Crippen LogP contribution in [0.15, 0.2) is 30.3 Å². The van der Waals surface area contributed by atoms with Crippen LogP contribution < -0.4 is 5.32 Å². The molecule has 0 aromatic heterocycles. The number of carbonyl (C=O) groups is 1. The zero-order valence-electron chi connectivity index (χ0n) is 11.5. The van der Waals surface area contributed by atoms with Crippen molar-refractivity contribution in [3.63, 3.8) is 0 Å². The van der Waals surface area contributed by atoms with E-state index in [0.29, 0.717) is 25.8 Å². The number of amides is 1. The van der Waals surface area contributed by atoms with Crippen molar-refractivity contribution in [2.75, 3.05) is 18.1 Å². The molecule has 2 rings (SSSR count). The van der Waals surface area contributed by atoms with Crippen LogP contribution in [0.2, 0.25) is 0 Å². The lowest BCUT2D eigenvalue weighted by molar-refractivity contribution is -0.122. The van der Waals surface area contributed by atoms with E-state index in [0.717, 1.165) is 6.42 Å². The van der Waals surface area contributed by atoms with Crippen molar-refractivity contribution in [3.05, 3.63) is 35.9 Å². The van der Waals surface area contributed by atoms with Gasteiger partial charge in [-0.2, -0.15) is 0 Å². The molecule has 0 aliphatic carbocycles. The summed E-state index contributed by atoms with van der Waals surface area (Å²) in [4.78, 5) is 11.8. The SMILES string of the molecule is O=C(CC1CCS(=O)(=O)CC1)NCCc1ccccc1. The molecule has 1 aromatic rings. The highest BCUT2D eigenvalue weighted by Gasteiger charge is 2.24. The van der Waals surface area contributed by atoms with Gasteiger partial charge in [0.05, 0.1) is 11.5 Å². The smallest absolute Gasteiger partial charge is 0.220 e. The van der Waals surface area contributed by atoms with E-state index in [1.165, 1.54) is 5.56 Å². The first-order valence-corrected chi connectivity index (χ1v) is 8.88. The molecule has 0 radical (unpaired) electrons. The average molecular weight is 295 g/mol. The highest BCUT2D eigenvalue weighted by atomic mass is 32.2. The summed E-state index contributed by atoms with van der Waals surface area (Å²) in [5.74, 6) is 0.713. The number of hydrogen-bond acceptors (Lipinski definition) is 3. The Morgan fingerprint density at radius 2 is 1.80 bits per heavy atom.